The van der Waals surface area contributed by atoms with Crippen molar-refractivity contribution in [2.24, 2.45) is 0 Å². The number of hydrogen-bond acceptors (Lipinski definition) is 8. The Morgan fingerprint density at radius 2 is 2.19 bits per heavy atom. The van der Waals surface area contributed by atoms with E-state index in [1.165, 1.54) is 17.2 Å². The predicted molar refractivity (Wildman–Crippen MR) is 70.5 cm³/mol. The summed E-state index contributed by atoms with van der Waals surface area (Å²) in [5, 5.41) is 29.6. The van der Waals surface area contributed by atoms with Gasteiger partial charge in [-0.15, -0.1) is 6.42 Å². The van der Waals surface area contributed by atoms with Gasteiger partial charge in [-0.25, -0.2) is 15.0 Å². The van der Waals surface area contributed by atoms with E-state index in [-0.39, 0.29) is 5.82 Å². The second-order valence-electron chi connectivity index (χ2n) is 4.72. The van der Waals surface area contributed by atoms with Crippen LogP contribution >= 0.6 is 0 Å². The van der Waals surface area contributed by atoms with Crippen LogP contribution in [0.5, 0.6) is 0 Å². The largest absolute Gasteiger partial charge is 0.392 e. The van der Waals surface area contributed by atoms with Crippen LogP contribution in [0.15, 0.2) is 12.7 Å². The van der Waals surface area contributed by atoms with E-state index >= 15 is 0 Å². The third-order valence-electron chi connectivity index (χ3n) is 3.56. The molecule has 0 saturated carbocycles. The van der Waals surface area contributed by atoms with Crippen molar-refractivity contribution < 1.29 is 20.1 Å². The first-order valence-electron chi connectivity index (χ1n) is 6.09. The molecular formula is C12H13N5O4. The molecule has 9 heteroatoms. The lowest BCUT2D eigenvalue weighted by Gasteiger charge is -2.23. The third-order valence-corrected chi connectivity index (χ3v) is 3.56. The Balaban J connectivity index is 2.08. The molecule has 0 radical (unpaired) electrons. The van der Waals surface area contributed by atoms with E-state index in [1.54, 1.807) is 0 Å². The molecule has 4 atom stereocenters. The number of anilines is 1. The third kappa shape index (κ3) is 1.78. The molecule has 1 unspecified atom stereocenters. The van der Waals surface area contributed by atoms with Crippen molar-refractivity contribution in [2.45, 2.75) is 24.0 Å². The quantitative estimate of drug-likeness (QED) is 0.467. The molecule has 2 aromatic rings. The van der Waals surface area contributed by atoms with E-state index in [4.69, 9.17) is 16.9 Å². The summed E-state index contributed by atoms with van der Waals surface area (Å²) in [7, 11) is 0. The fourth-order valence-corrected chi connectivity index (χ4v) is 2.36. The van der Waals surface area contributed by atoms with Crippen LogP contribution in [0, 0.1) is 12.3 Å². The zero-order valence-corrected chi connectivity index (χ0v) is 10.8. The molecule has 0 spiro atoms. The predicted octanol–water partition coefficient (Wildman–Crippen LogP) is -1.98. The maximum absolute atomic E-state index is 10.2. The molecule has 3 heterocycles. The van der Waals surface area contributed by atoms with Gasteiger partial charge in [-0.3, -0.25) is 4.57 Å². The van der Waals surface area contributed by atoms with Gasteiger partial charge in [-0.2, -0.15) is 0 Å². The van der Waals surface area contributed by atoms with Gasteiger partial charge in [-0.1, -0.05) is 5.92 Å². The first-order chi connectivity index (χ1) is 10.0. The van der Waals surface area contributed by atoms with Gasteiger partial charge >= 0.3 is 0 Å². The highest BCUT2D eigenvalue weighted by Crippen LogP contribution is 2.37. The van der Waals surface area contributed by atoms with Crippen LogP contribution in [0.2, 0.25) is 0 Å². The van der Waals surface area contributed by atoms with Crippen molar-refractivity contribution in [3.63, 3.8) is 0 Å². The molecular weight excluding hydrogens is 278 g/mol. The normalized spacial score (nSPS) is 32.4. The first kappa shape index (κ1) is 13.7. The number of terminal acetylenes is 1. The maximum Gasteiger partial charge on any atom is 0.182 e. The lowest BCUT2D eigenvalue weighted by atomic mass is 9.97. The number of aliphatic hydroxyl groups excluding tert-OH is 3. The average molecular weight is 291 g/mol. The number of imidazole rings is 1. The second kappa shape index (κ2) is 4.64. The first-order valence-corrected chi connectivity index (χ1v) is 6.09. The van der Waals surface area contributed by atoms with Crippen molar-refractivity contribution in [3.8, 4) is 12.3 Å². The summed E-state index contributed by atoms with van der Waals surface area (Å²) in [6.45, 7) is -0.637. The van der Waals surface area contributed by atoms with Crippen LogP contribution in [0.1, 0.15) is 6.23 Å². The van der Waals surface area contributed by atoms with Gasteiger partial charge in [0, 0.05) is 0 Å². The fourth-order valence-electron chi connectivity index (χ4n) is 2.36. The van der Waals surface area contributed by atoms with Crippen LogP contribution < -0.4 is 5.73 Å². The molecule has 1 aliphatic heterocycles. The Morgan fingerprint density at radius 3 is 2.81 bits per heavy atom. The van der Waals surface area contributed by atoms with Gasteiger partial charge in [0.2, 0.25) is 0 Å². The molecule has 1 aliphatic rings. The Kier molecular flexibility index (Phi) is 3.03. The number of nitrogens with two attached hydrogens (primary N) is 1. The van der Waals surface area contributed by atoms with Crippen molar-refractivity contribution in [1.82, 2.24) is 19.5 Å². The van der Waals surface area contributed by atoms with E-state index in [2.05, 4.69) is 20.9 Å². The summed E-state index contributed by atoms with van der Waals surface area (Å²) in [6, 6.07) is 0. The molecule has 0 amide bonds. The Morgan fingerprint density at radius 1 is 1.43 bits per heavy atom. The van der Waals surface area contributed by atoms with Gasteiger partial charge < -0.3 is 25.8 Å². The lowest BCUT2D eigenvalue weighted by molar-refractivity contribution is -0.0911. The molecule has 9 nitrogen and oxygen atoms in total. The molecule has 2 aromatic heterocycles. The number of hydrogen-bond donors (Lipinski definition) is 4. The van der Waals surface area contributed by atoms with E-state index in [0.29, 0.717) is 11.2 Å². The summed E-state index contributed by atoms with van der Waals surface area (Å²) < 4.78 is 6.88. The molecule has 5 N–H and O–H groups in total. The van der Waals surface area contributed by atoms with Gasteiger partial charge in [0.25, 0.3) is 0 Å². The molecule has 0 bridgehead atoms. The van der Waals surface area contributed by atoms with Gasteiger partial charge in [0.05, 0.1) is 12.9 Å². The van der Waals surface area contributed by atoms with Crippen LogP contribution in [0.3, 0.4) is 0 Å². The van der Waals surface area contributed by atoms with Crippen LogP contribution in [0.25, 0.3) is 11.2 Å². The number of nitrogens with zero attached hydrogens (tertiary/aromatic N) is 4. The smallest absolute Gasteiger partial charge is 0.182 e. The minimum atomic E-state index is -1.68. The molecule has 21 heavy (non-hydrogen) atoms. The summed E-state index contributed by atoms with van der Waals surface area (Å²) in [4.78, 5) is 11.9. The van der Waals surface area contributed by atoms with Crippen LogP contribution in [0.4, 0.5) is 5.82 Å². The molecule has 1 saturated heterocycles. The number of rotatable bonds is 2. The van der Waals surface area contributed by atoms with E-state index < -0.39 is 30.6 Å². The van der Waals surface area contributed by atoms with E-state index in [0.717, 1.165) is 0 Å². The fraction of sp³-hybridized carbons (Fsp3) is 0.417. The highest BCUT2D eigenvalue weighted by molar-refractivity contribution is 5.81. The van der Waals surface area contributed by atoms with Crippen molar-refractivity contribution in [2.75, 3.05) is 12.3 Å². The Labute approximate surface area is 119 Å². The van der Waals surface area contributed by atoms with Gasteiger partial charge in [0.1, 0.15) is 24.1 Å². The maximum atomic E-state index is 10.2. The number of aliphatic hydroxyl groups is 3. The number of nitrogen functional groups attached to an aromatic ring is 1. The topological polar surface area (TPSA) is 140 Å². The molecule has 110 valence electrons. The molecule has 1 fully saturated rings. The minimum Gasteiger partial charge on any atom is -0.392 e. The Hall–Kier alpha value is -2.25. The number of fused-ring (bicyclic) bond motifs is 1. The van der Waals surface area contributed by atoms with Crippen molar-refractivity contribution >= 4 is 17.0 Å². The minimum absolute atomic E-state index is 0.178. The van der Waals surface area contributed by atoms with Crippen molar-refractivity contribution in [1.29, 1.82) is 0 Å². The summed E-state index contributed by atoms with van der Waals surface area (Å²) >= 11 is 0. The highest BCUT2D eigenvalue weighted by Gasteiger charge is 2.54. The van der Waals surface area contributed by atoms with Crippen molar-refractivity contribution in [3.05, 3.63) is 12.7 Å². The average Bonchev–Trinajstić information content (AvgIpc) is 3.02. The zero-order chi connectivity index (χ0) is 15.2. The number of aromatic nitrogens is 4. The van der Waals surface area contributed by atoms with Gasteiger partial charge in [0.15, 0.2) is 23.3 Å². The summed E-state index contributed by atoms with van der Waals surface area (Å²) in [5.74, 6) is 2.36. The van der Waals surface area contributed by atoms with E-state index in [1.807, 2.05) is 0 Å². The lowest BCUT2D eigenvalue weighted by Crippen LogP contribution is -2.44. The van der Waals surface area contributed by atoms with Gasteiger partial charge in [-0.05, 0) is 0 Å². The number of ether oxygens (including phenoxy) is 1. The zero-order valence-electron chi connectivity index (χ0n) is 10.8. The van der Waals surface area contributed by atoms with Crippen LogP contribution in [-0.2, 0) is 4.74 Å². The van der Waals surface area contributed by atoms with Crippen LogP contribution in [-0.4, -0.2) is 59.3 Å². The molecule has 0 aromatic carbocycles. The SMILES string of the molecule is C#C[C@]1(CO)O[C@@H](n2cnc3c(N)ncnc32)C(O)[C@H]1O. The monoisotopic (exact) mass is 291 g/mol. The standard InChI is InChI=1S/C12H13N5O4/c1-2-12(3-18)8(20)7(19)11(21-12)17-5-16-6-9(13)14-4-15-10(6)17/h1,4-5,7-8,11,18-20H,3H2,(H2,13,14,15)/t7?,8-,11-,12-/m1/s1. The Bertz CT molecular complexity index is 726. The second-order valence-corrected chi connectivity index (χ2v) is 4.72. The summed E-state index contributed by atoms with van der Waals surface area (Å²) in [5.41, 5.74) is 4.66. The van der Waals surface area contributed by atoms with E-state index in [9.17, 15) is 15.3 Å². The highest BCUT2D eigenvalue weighted by atomic mass is 16.6. The molecule has 3 rings (SSSR count). The summed E-state index contributed by atoms with van der Waals surface area (Å²) in [6.07, 6.45) is 4.04. The molecule has 0 aliphatic carbocycles.